The second-order valence-electron chi connectivity index (χ2n) is 6.95. The molecule has 0 aliphatic carbocycles. The highest BCUT2D eigenvalue weighted by molar-refractivity contribution is 14.1. The summed E-state index contributed by atoms with van der Waals surface area (Å²) < 4.78 is 1.07. The van der Waals surface area contributed by atoms with Gasteiger partial charge in [-0.3, -0.25) is 4.79 Å². The Hall–Kier alpha value is -2.64. The molecule has 0 radical (unpaired) electrons. The number of nitrogens with zero attached hydrogens (tertiary/aromatic N) is 3. The molecule has 0 bridgehead atoms. The molecule has 27 heavy (non-hydrogen) atoms. The fourth-order valence-corrected chi connectivity index (χ4v) is 4.86. The lowest BCUT2D eigenvalue weighted by atomic mass is 9.73. The van der Waals surface area contributed by atoms with E-state index in [-0.39, 0.29) is 11.8 Å². The predicted octanol–water partition coefficient (Wildman–Crippen LogP) is 4.41. The van der Waals surface area contributed by atoms with E-state index in [9.17, 15) is 15.3 Å². The fourth-order valence-electron chi connectivity index (χ4n) is 4.50. The molecule has 0 unspecified atom stereocenters. The summed E-state index contributed by atoms with van der Waals surface area (Å²) in [6.07, 6.45) is 3.73. The zero-order chi connectivity index (χ0) is 19.2. The largest absolute Gasteiger partial charge is 0.340 e. The summed E-state index contributed by atoms with van der Waals surface area (Å²) >= 11 is 2.22. The molecule has 0 aromatic heterocycles. The Morgan fingerprint density at radius 3 is 2.41 bits per heavy atom. The van der Waals surface area contributed by atoms with Crippen LogP contribution in [-0.4, -0.2) is 16.2 Å². The van der Waals surface area contributed by atoms with Gasteiger partial charge in [-0.1, -0.05) is 36.4 Å². The van der Waals surface area contributed by atoms with Crippen molar-refractivity contribution in [2.45, 2.75) is 24.4 Å². The first kappa shape index (κ1) is 17.8. The molecular weight excluding hydrogens is 449 g/mol. The first-order chi connectivity index (χ1) is 13.0. The van der Waals surface area contributed by atoms with Gasteiger partial charge in [-0.05, 0) is 64.4 Å². The van der Waals surface area contributed by atoms with Crippen LogP contribution in [0.4, 0.5) is 0 Å². The SMILES string of the molecule is CC(=O)[C@@H]1[C@@H]2c3ccccc3C=CN2C(C#N)(C#N)[C@H]1c1ccc(I)cc1. The molecule has 0 amide bonds. The van der Waals surface area contributed by atoms with E-state index in [2.05, 4.69) is 34.7 Å². The number of nitriles is 2. The van der Waals surface area contributed by atoms with Gasteiger partial charge in [0.15, 0.2) is 0 Å². The molecule has 0 N–H and O–H groups in total. The molecule has 1 saturated heterocycles. The fraction of sp³-hybridized carbons (Fsp3) is 0.227. The van der Waals surface area contributed by atoms with E-state index in [1.54, 1.807) is 11.8 Å². The van der Waals surface area contributed by atoms with Gasteiger partial charge in [0.1, 0.15) is 17.9 Å². The van der Waals surface area contributed by atoms with Crippen LogP contribution >= 0.6 is 22.6 Å². The highest BCUT2D eigenvalue weighted by Gasteiger charge is 2.62. The highest BCUT2D eigenvalue weighted by Crippen LogP contribution is 2.57. The topological polar surface area (TPSA) is 67.9 Å². The van der Waals surface area contributed by atoms with E-state index in [4.69, 9.17) is 0 Å². The average molecular weight is 465 g/mol. The van der Waals surface area contributed by atoms with Crippen molar-refractivity contribution in [1.82, 2.24) is 4.90 Å². The number of carbonyl (C=O) groups excluding carboxylic acids is 1. The van der Waals surface area contributed by atoms with E-state index in [1.807, 2.05) is 60.8 Å². The number of hydrogen-bond acceptors (Lipinski definition) is 4. The minimum Gasteiger partial charge on any atom is -0.340 e. The molecule has 2 aliphatic rings. The van der Waals surface area contributed by atoms with Gasteiger partial charge in [0, 0.05) is 15.7 Å². The first-order valence-electron chi connectivity index (χ1n) is 8.67. The van der Waals surface area contributed by atoms with Crippen LogP contribution in [0.2, 0.25) is 0 Å². The predicted molar refractivity (Wildman–Crippen MR) is 110 cm³/mol. The molecule has 2 heterocycles. The number of benzene rings is 2. The van der Waals surface area contributed by atoms with Crippen molar-refractivity contribution >= 4 is 34.5 Å². The van der Waals surface area contributed by atoms with Gasteiger partial charge in [-0.2, -0.15) is 10.5 Å². The summed E-state index contributed by atoms with van der Waals surface area (Å²) in [5.74, 6) is -1.01. The quantitative estimate of drug-likeness (QED) is 0.617. The number of ketones is 1. The standard InChI is InChI=1S/C22H16IN3O/c1-14(27)19-20(16-6-8-17(23)9-7-16)22(12-24,13-25)26-11-10-15-4-2-3-5-18(15)21(19)26/h2-11,19-21H,1H3/t19-,20-,21-/m0/s1. The van der Waals surface area contributed by atoms with E-state index in [0.29, 0.717) is 0 Å². The molecule has 4 nitrogen and oxygen atoms in total. The van der Waals surface area contributed by atoms with Gasteiger partial charge >= 0.3 is 0 Å². The maximum atomic E-state index is 12.8. The Kier molecular flexibility index (Phi) is 4.28. The first-order valence-corrected chi connectivity index (χ1v) is 9.75. The molecule has 2 aromatic rings. The van der Waals surface area contributed by atoms with Gasteiger partial charge < -0.3 is 4.90 Å². The molecular formula is C22H16IN3O. The highest BCUT2D eigenvalue weighted by atomic mass is 127. The molecule has 4 rings (SSSR count). The number of Topliss-reactive ketones (excluding diaryl/α,β-unsaturated/α-hetero) is 1. The van der Waals surface area contributed by atoms with Crippen molar-refractivity contribution in [2.75, 3.05) is 0 Å². The smallest absolute Gasteiger partial charge is 0.222 e. The molecule has 2 aliphatic heterocycles. The number of hydrogen-bond donors (Lipinski definition) is 0. The summed E-state index contributed by atoms with van der Waals surface area (Å²) in [4.78, 5) is 14.6. The van der Waals surface area contributed by atoms with Crippen LogP contribution in [0.1, 0.15) is 35.6 Å². The van der Waals surface area contributed by atoms with Crippen molar-refractivity contribution in [3.05, 3.63) is 75.0 Å². The Balaban J connectivity index is 1.99. The third kappa shape index (κ3) is 2.49. The molecule has 1 fully saturated rings. The van der Waals surface area contributed by atoms with Crippen LogP contribution in [0.25, 0.3) is 6.08 Å². The summed E-state index contributed by atoms with van der Waals surface area (Å²) in [5.41, 5.74) is 1.43. The Morgan fingerprint density at radius 1 is 1.11 bits per heavy atom. The Labute approximate surface area is 171 Å². The minimum atomic E-state index is -1.43. The van der Waals surface area contributed by atoms with Crippen molar-refractivity contribution in [2.24, 2.45) is 5.92 Å². The Morgan fingerprint density at radius 2 is 1.78 bits per heavy atom. The monoisotopic (exact) mass is 465 g/mol. The van der Waals surface area contributed by atoms with Crippen molar-refractivity contribution in [3.63, 3.8) is 0 Å². The average Bonchev–Trinajstić information content (AvgIpc) is 3.00. The van der Waals surface area contributed by atoms with E-state index in [0.717, 1.165) is 20.3 Å². The molecule has 0 saturated carbocycles. The maximum Gasteiger partial charge on any atom is 0.222 e. The van der Waals surface area contributed by atoms with E-state index >= 15 is 0 Å². The summed E-state index contributed by atoms with van der Waals surface area (Å²) in [6.45, 7) is 1.56. The zero-order valence-corrected chi connectivity index (χ0v) is 16.8. The van der Waals surface area contributed by atoms with Crippen molar-refractivity contribution < 1.29 is 4.79 Å². The van der Waals surface area contributed by atoms with Gasteiger partial charge in [-0.15, -0.1) is 0 Å². The number of fused-ring (bicyclic) bond motifs is 3. The minimum absolute atomic E-state index is 0.00831. The normalized spacial score (nSPS) is 24.4. The van der Waals surface area contributed by atoms with Crippen LogP contribution in [-0.2, 0) is 4.79 Å². The van der Waals surface area contributed by atoms with Crippen LogP contribution in [0.15, 0.2) is 54.7 Å². The number of halogens is 1. The van der Waals surface area contributed by atoms with Crippen LogP contribution in [0.3, 0.4) is 0 Å². The van der Waals surface area contributed by atoms with Gasteiger partial charge in [0.05, 0.1) is 12.0 Å². The van der Waals surface area contributed by atoms with Crippen LogP contribution in [0, 0.1) is 32.2 Å². The lowest BCUT2D eigenvalue weighted by molar-refractivity contribution is -0.121. The lowest BCUT2D eigenvalue weighted by Crippen LogP contribution is -2.43. The number of carbonyl (C=O) groups is 1. The molecule has 5 heteroatoms. The van der Waals surface area contributed by atoms with Gasteiger partial charge in [0.2, 0.25) is 5.54 Å². The maximum absolute atomic E-state index is 12.8. The van der Waals surface area contributed by atoms with Crippen molar-refractivity contribution in [3.8, 4) is 12.1 Å². The third-order valence-corrected chi connectivity index (χ3v) is 6.34. The molecule has 3 atom stereocenters. The summed E-state index contributed by atoms with van der Waals surface area (Å²) in [7, 11) is 0. The Bertz CT molecular complexity index is 1010. The number of rotatable bonds is 2. The van der Waals surface area contributed by atoms with Crippen LogP contribution in [0.5, 0.6) is 0 Å². The second-order valence-corrected chi connectivity index (χ2v) is 8.20. The van der Waals surface area contributed by atoms with Gasteiger partial charge in [0.25, 0.3) is 0 Å². The van der Waals surface area contributed by atoms with Gasteiger partial charge in [-0.25, -0.2) is 0 Å². The van der Waals surface area contributed by atoms with E-state index in [1.165, 1.54) is 0 Å². The lowest BCUT2D eigenvalue weighted by Gasteiger charge is -2.35. The molecule has 2 aromatic carbocycles. The second kappa shape index (κ2) is 6.51. The van der Waals surface area contributed by atoms with Crippen LogP contribution < -0.4 is 0 Å². The molecule has 132 valence electrons. The zero-order valence-electron chi connectivity index (χ0n) is 14.6. The van der Waals surface area contributed by atoms with E-state index < -0.39 is 17.4 Å². The third-order valence-electron chi connectivity index (χ3n) is 5.63. The molecule has 0 spiro atoms. The van der Waals surface area contributed by atoms with Crippen molar-refractivity contribution in [1.29, 1.82) is 10.5 Å². The summed E-state index contributed by atoms with van der Waals surface area (Å²) in [5, 5.41) is 20.3. The summed E-state index contributed by atoms with van der Waals surface area (Å²) in [6, 6.07) is 19.8.